The molecule has 2 aromatic heterocycles. The summed E-state index contributed by atoms with van der Waals surface area (Å²) >= 11 is 0. The van der Waals surface area contributed by atoms with Crippen LogP contribution in [-0.2, 0) is 25.3 Å². The van der Waals surface area contributed by atoms with Crippen LogP contribution in [0.3, 0.4) is 0 Å². The number of ether oxygens (including phenoxy) is 1. The third-order valence-electron chi connectivity index (χ3n) is 6.52. The van der Waals surface area contributed by atoms with Gasteiger partial charge in [-0.2, -0.15) is 0 Å². The first-order chi connectivity index (χ1) is 17.9. The first-order valence-corrected chi connectivity index (χ1v) is 14.1. The van der Waals surface area contributed by atoms with Crippen LogP contribution in [0.2, 0.25) is 0 Å². The van der Waals surface area contributed by atoms with Crippen molar-refractivity contribution in [3.63, 3.8) is 0 Å². The van der Waals surface area contributed by atoms with Gasteiger partial charge in [-0.05, 0) is 51.2 Å². The SMILES string of the molecule is CNC(=O)c1c(-c2ccc(C)cc2)oc2nc(CS(=O)(=O)NCCOCC(C)(C)C(=O)O)c(C3CC3)cc12. The zero-order valence-corrected chi connectivity index (χ0v) is 22.8. The number of nitrogens with zero attached hydrogens (tertiary/aromatic N) is 1. The number of carboxylic acids is 1. The van der Waals surface area contributed by atoms with Gasteiger partial charge in [0.25, 0.3) is 5.91 Å². The molecule has 1 aromatic carbocycles. The smallest absolute Gasteiger partial charge is 0.311 e. The number of fused-ring (bicyclic) bond motifs is 1. The molecule has 0 bridgehead atoms. The molecule has 1 saturated carbocycles. The number of nitrogens with one attached hydrogen (secondary N) is 2. The lowest BCUT2D eigenvalue weighted by Gasteiger charge is -2.18. The van der Waals surface area contributed by atoms with Gasteiger partial charge in [0.2, 0.25) is 15.7 Å². The van der Waals surface area contributed by atoms with Gasteiger partial charge in [-0.3, -0.25) is 9.59 Å². The molecule has 2 heterocycles. The number of carbonyl (C=O) groups excluding carboxylic acids is 1. The molecule has 0 unspecified atom stereocenters. The molecule has 10 nitrogen and oxygen atoms in total. The molecule has 11 heteroatoms. The average molecular weight is 544 g/mol. The van der Waals surface area contributed by atoms with Crippen molar-refractivity contribution in [2.45, 2.75) is 45.3 Å². The Morgan fingerprint density at radius 2 is 1.89 bits per heavy atom. The van der Waals surface area contributed by atoms with Crippen molar-refractivity contribution in [3.8, 4) is 11.3 Å². The topological polar surface area (TPSA) is 148 Å². The number of furan rings is 1. The number of aryl methyl sites for hydroxylation is 1. The van der Waals surface area contributed by atoms with Crippen molar-refractivity contribution in [1.29, 1.82) is 0 Å². The largest absolute Gasteiger partial charge is 0.481 e. The van der Waals surface area contributed by atoms with Crippen molar-refractivity contribution in [1.82, 2.24) is 15.0 Å². The second-order valence-corrected chi connectivity index (χ2v) is 12.1. The van der Waals surface area contributed by atoms with Crippen LogP contribution < -0.4 is 10.0 Å². The minimum Gasteiger partial charge on any atom is -0.481 e. The van der Waals surface area contributed by atoms with Crippen molar-refractivity contribution in [2.24, 2.45) is 5.41 Å². The molecule has 1 amide bonds. The number of aliphatic carboxylic acids is 1. The molecule has 1 fully saturated rings. The molecule has 3 aromatic rings. The first kappa shape index (κ1) is 27.7. The second kappa shape index (κ2) is 10.8. The maximum Gasteiger partial charge on any atom is 0.311 e. The number of carbonyl (C=O) groups is 2. The summed E-state index contributed by atoms with van der Waals surface area (Å²) in [5.41, 5.74) is 2.48. The fraction of sp³-hybridized carbons (Fsp3) is 0.444. The number of aromatic nitrogens is 1. The third-order valence-corrected chi connectivity index (χ3v) is 7.81. The quantitative estimate of drug-likeness (QED) is 0.294. The van der Waals surface area contributed by atoms with Gasteiger partial charge in [-0.15, -0.1) is 0 Å². The fourth-order valence-electron chi connectivity index (χ4n) is 4.09. The van der Waals surface area contributed by atoms with Gasteiger partial charge in [0.05, 0.1) is 35.3 Å². The molecule has 0 aliphatic heterocycles. The Morgan fingerprint density at radius 1 is 1.21 bits per heavy atom. The Labute approximate surface area is 221 Å². The van der Waals surface area contributed by atoms with Gasteiger partial charge in [0, 0.05) is 19.2 Å². The molecule has 0 atom stereocenters. The van der Waals surface area contributed by atoms with Crippen molar-refractivity contribution in [2.75, 3.05) is 26.8 Å². The van der Waals surface area contributed by atoms with Gasteiger partial charge in [-0.25, -0.2) is 18.1 Å². The lowest BCUT2D eigenvalue weighted by molar-refractivity contribution is -0.150. The summed E-state index contributed by atoms with van der Waals surface area (Å²) in [6, 6.07) is 9.44. The van der Waals surface area contributed by atoms with E-state index in [4.69, 9.17) is 14.3 Å². The molecule has 1 aliphatic rings. The summed E-state index contributed by atoms with van der Waals surface area (Å²) in [7, 11) is -2.22. The molecule has 4 rings (SSSR count). The number of rotatable bonds is 12. The van der Waals surface area contributed by atoms with Gasteiger partial charge in [-0.1, -0.05) is 29.8 Å². The molecule has 38 heavy (non-hydrogen) atoms. The van der Waals surface area contributed by atoms with E-state index < -0.39 is 21.4 Å². The zero-order valence-electron chi connectivity index (χ0n) is 22.0. The van der Waals surface area contributed by atoms with Crippen LogP contribution in [0.4, 0.5) is 0 Å². The van der Waals surface area contributed by atoms with Crippen LogP contribution in [0.15, 0.2) is 34.7 Å². The van der Waals surface area contributed by atoms with Crippen LogP contribution in [0.1, 0.15) is 59.8 Å². The highest BCUT2D eigenvalue weighted by Crippen LogP contribution is 2.44. The number of sulfonamides is 1. The van der Waals surface area contributed by atoms with Crippen molar-refractivity contribution < 1.29 is 32.3 Å². The molecular weight excluding hydrogens is 510 g/mol. The first-order valence-electron chi connectivity index (χ1n) is 12.5. The standard InChI is InChI=1S/C27H33N3O7S/c1-16-5-7-18(8-6-16)23-22(24(31)28-4)20-13-19(17-9-10-17)21(30-25(20)37-23)14-38(34,35)29-11-12-36-15-27(2,3)26(32)33/h5-8,13,17,29H,9-12,14-15H2,1-4H3,(H,28,31)(H,32,33). The van der Waals surface area contributed by atoms with E-state index in [9.17, 15) is 18.0 Å². The number of carboxylic acid groups (broad SMARTS) is 1. The van der Waals surface area contributed by atoms with E-state index in [1.54, 1.807) is 7.05 Å². The summed E-state index contributed by atoms with van der Waals surface area (Å²) in [5.74, 6) is -1.10. The molecule has 0 radical (unpaired) electrons. The molecule has 0 saturated heterocycles. The predicted octanol–water partition coefficient (Wildman–Crippen LogP) is 3.59. The van der Waals surface area contributed by atoms with Gasteiger partial charge in [0.1, 0.15) is 11.5 Å². The summed E-state index contributed by atoms with van der Waals surface area (Å²) in [6.45, 7) is 5.03. The molecular formula is C27H33N3O7S. The Hall–Kier alpha value is -3.28. The Kier molecular flexibility index (Phi) is 7.91. The van der Waals surface area contributed by atoms with Gasteiger partial charge in [0.15, 0.2) is 0 Å². The molecule has 204 valence electrons. The lowest BCUT2D eigenvalue weighted by atomic mass is 9.95. The lowest BCUT2D eigenvalue weighted by Crippen LogP contribution is -2.33. The van der Waals surface area contributed by atoms with E-state index in [0.717, 1.165) is 29.5 Å². The molecule has 3 N–H and O–H groups in total. The van der Waals surface area contributed by atoms with Gasteiger partial charge < -0.3 is 19.6 Å². The van der Waals surface area contributed by atoms with Crippen molar-refractivity contribution in [3.05, 3.63) is 52.7 Å². The zero-order chi connectivity index (χ0) is 27.7. The number of amides is 1. The van der Waals surface area contributed by atoms with Gasteiger partial charge >= 0.3 is 5.97 Å². The highest BCUT2D eigenvalue weighted by atomic mass is 32.2. The third kappa shape index (κ3) is 6.23. The van der Waals surface area contributed by atoms with Crippen molar-refractivity contribution >= 4 is 33.0 Å². The number of hydrogen-bond donors (Lipinski definition) is 3. The normalized spacial score (nSPS) is 14.1. The summed E-state index contributed by atoms with van der Waals surface area (Å²) < 4.78 is 39.7. The second-order valence-electron chi connectivity index (χ2n) is 10.3. The van der Waals surface area contributed by atoms with E-state index in [1.165, 1.54) is 13.8 Å². The monoisotopic (exact) mass is 543 g/mol. The number of hydrogen-bond acceptors (Lipinski definition) is 7. The van der Waals surface area contributed by atoms with E-state index in [1.807, 2.05) is 37.3 Å². The summed E-state index contributed by atoms with van der Waals surface area (Å²) in [5, 5.41) is 12.4. The minimum absolute atomic E-state index is 0.00180. The highest BCUT2D eigenvalue weighted by molar-refractivity contribution is 7.88. The van der Waals surface area contributed by atoms with Crippen LogP contribution in [0, 0.1) is 12.3 Å². The maximum absolute atomic E-state index is 12.9. The molecule has 1 aliphatic carbocycles. The van der Waals surface area contributed by atoms with Crippen LogP contribution in [-0.4, -0.2) is 57.2 Å². The van der Waals surface area contributed by atoms with Crippen LogP contribution in [0.25, 0.3) is 22.4 Å². The summed E-state index contributed by atoms with van der Waals surface area (Å²) in [6.07, 6.45) is 1.83. The number of benzene rings is 1. The summed E-state index contributed by atoms with van der Waals surface area (Å²) in [4.78, 5) is 28.7. The number of pyridine rings is 1. The highest BCUT2D eigenvalue weighted by Gasteiger charge is 2.32. The molecule has 0 spiro atoms. The van der Waals surface area contributed by atoms with Crippen LogP contribution >= 0.6 is 0 Å². The Balaban J connectivity index is 1.59. The fourth-order valence-corrected chi connectivity index (χ4v) is 5.17. The maximum atomic E-state index is 12.9. The van der Waals surface area contributed by atoms with E-state index in [-0.39, 0.29) is 43.0 Å². The average Bonchev–Trinajstić information content (AvgIpc) is 3.63. The van der Waals surface area contributed by atoms with E-state index >= 15 is 0 Å². The Bertz CT molecular complexity index is 1460. The van der Waals surface area contributed by atoms with Crippen LogP contribution in [0.5, 0.6) is 0 Å². The van der Waals surface area contributed by atoms with E-state index in [0.29, 0.717) is 22.4 Å². The minimum atomic E-state index is -3.77. The predicted molar refractivity (Wildman–Crippen MR) is 142 cm³/mol. The Morgan fingerprint density at radius 3 is 2.50 bits per heavy atom. The van der Waals surface area contributed by atoms with E-state index in [2.05, 4.69) is 15.0 Å².